The largest absolute Gasteiger partial charge is 0.480 e. The van der Waals surface area contributed by atoms with Crippen molar-refractivity contribution in [2.75, 3.05) is 26.4 Å². The van der Waals surface area contributed by atoms with Gasteiger partial charge < -0.3 is 25.2 Å². The molecule has 0 amide bonds. The van der Waals surface area contributed by atoms with Gasteiger partial charge in [-0.05, 0) is 38.5 Å². The smallest absolute Gasteiger partial charge is 0.472 e. The number of carboxylic acid groups (broad SMARTS) is 1. The third-order valence-electron chi connectivity index (χ3n) is 6.79. The third kappa shape index (κ3) is 27.5. The van der Waals surface area contributed by atoms with E-state index >= 15 is 0 Å². The second kappa shape index (κ2) is 28.5. The molecule has 10 nitrogen and oxygen atoms in total. The van der Waals surface area contributed by atoms with E-state index < -0.39 is 45.1 Å². The molecule has 0 heterocycles. The van der Waals surface area contributed by atoms with Gasteiger partial charge in [0.25, 0.3) is 0 Å². The summed E-state index contributed by atoms with van der Waals surface area (Å²) in [5.74, 6) is -1.79. The molecule has 0 spiro atoms. The van der Waals surface area contributed by atoms with Gasteiger partial charge in [0.1, 0.15) is 12.1 Å². The zero-order valence-electron chi connectivity index (χ0n) is 26.3. The van der Waals surface area contributed by atoms with E-state index in [1.54, 1.807) is 0 Å². The number of rotatable bonds is 31. The Bertz CT molecular complexity index is 735. The van der Waals surface area contributed by atoms with E-state index in [1.165, 1.54) is 64.2 Å². The van der Waals surface area contributed by atoms with Gasteiger partial charge in [-0.1, -0.05) is 103 Å². The number of ether oxygens (including phenoxy) is 2. The van der Waals surface area contributed by atoms with Crippen molar-refractivity contribution < 1.29 is 42.7 Å². The summed E-state index contributed by atoms with van der Waals surface area (Å²) in [4.78, 5) is 33.1. The molecule has 0 aliphatic heterocycles. The van der Waals surface area contributed by atoms with E-state index in [2.05, 4.69) is 30.5 Å². The number of phosphoric ester groups is 1. The molecule has 0 aliphatic carbocycles. The van der Waals surface area contributed by atoms with Gasteiger partial charge in [0, 0.05) is 13.0 Å². The summed E-state index contributed by atoms with van der Waals surface area (Å²) < 4.78 is 32.9. The first-order valence-corrected chi connectivity index (χ1v) is 17.7. The Morgan fingerprint density at radius 2 is 1.24 bits per heavy atom. The summed E-state index contributed by atoms with van der Waals surface area (Å²) in [5, 5.41) is 8.81. The minimum Gasteiger partial charge on any atom is -0.480 e. The van der Waals surface area contributed by atoms with E-state index in [-0.39, 0.29) is 13.0 Å². The highest BCUT2D eigenvalue weighted by Gasteiger charge is 2.27. The number of unbranched alkanes of at least 4 members (excludes halogenated alkanes) is 15. The van der Waals surface area contributed by atoms with Gasteiger partial charge in [0.2, 0.25) is 0 Å². The van der Waals surface area contributed by atoms with Crippen LogP contribution in [0.2, 0.25) is 0 Å². The zero-order valence-corrected chi connectivity index (χ0v) is 27.2. The lowest BCUT2D eigenvalue weighted by Crippen LogP contribution is -2.34. The molecule has 0 fully saturated rings. The van der Waals surface area contributed by atoms with Gasteiger partial charge >= 0.3 is 19.8 Å². The highest BCUT2D eigenvalue weighted by Crippen LogP contribution is 2.43. The van der Waals surface area contributed by atoms with Crippen LogP contribution in [-0.2, 0) is 32.7 Å². The molecular weight excluding hydrogens is 561 g/mol. The Kier molecular flexibility index (Phi) is 27.6. The van der Waals surface area contributed by atoms with Crippen molar-refractivity contribution in [2.45, 2.75) is 148 Å². The summed E-state index contributed by atoms with van der Waals surface area (Å²) in [6.45, 7) is 3.77. The molecule has 0 aromatic heterocycles. The van der Waals surface area contributed by atoms with Crippen LogP contribution in [0.5, 0.6) is 0 Å². The van der Waals surface area contributed by atoms with Crippen LogP contribution < -0.4 is 5.73 Å². The second-order valence-corrected chi connectivity index (χ2v) is 12.4. The number of carbonyl (C=O) groups is 2. The number of phosphoric acid groups is 1. The monoisotopic (exact) mass is 621 g/mol. The molecule has 0 aromatic carbocycles. The first-order chi connectivity index (χ1) is 20.2. The Hall–Kier alpha value is -1.29. The zero-order chi connectivity index (χ0) is 31.3. The number of carbonyl (C=O) groups excluding carboxylic acids is 1. The predicted molar refractivity (Wildman–Crippen MR) is 166 cm³/mol. The minimum atomic E-state index is -4.59. The quantitative estimate of drug-likeness (QED) is 0.0307. The van der Waals surface area contributed by atoms with Crippen LogP contribution >= 0.6 is 7.82 Å². The Labute approximate surface area is 254 Å². The molecule has 0 rings (SSSR count). The number of hydrogen-bond acceptors (Lipinski definition) is 8. The highest BCUT2D eigenvalue weighted by molar-refractivity contribution is 7.47. The molecule has 0 saturated heterocycles. The number of allylic oxidation sites excluding steroid dienone is 2. The van der Waals surface area contributed by atoms with Gasteiger partial charge in [0.05, 0.1) is 19.8 Å². The summed E-state index contributed by atoms with van der Waals surface area (Å²) in [6.07, 6.45) is 24.3. The minimum absolute atomic E-state index is 0.0159. The number of hydrogen-bond donors (Lipinski definition) is 3. The molecule has 0 radical (unpaired) electrons. The molecular formula is C31H60NO9P. The van der Waals surface area contributed by atoms with Gasteiger partial charge in [-0.25, -0.2) is 4.57 Å². The average molecular weight is 622 g/mol. The van der Waals surface area contributed by atoms with Crippen LogP contribution in [0.15, 0.2) is 12.2 Å². The van der Waals surface area contributed by atoms with Crippen molar-refractivity contribution >= 4 is 19.8 Å². The molecule has 248 valence electrons. The lowest BCUT2D eigenvalue weighted by atomic mass is 10.1. The third-order valence-corrected chi connectivity index (χ3v) is 7.75. The summed E-state index contributed by atoms with van der Waals surface area (Å²) in [6, 6.07) is -1.47. The van der Waals surface area contributed by atoms with Crippen molar-refractivity contribution in [3.8, 4) is 0 Å². The SMILES string of the molecule is CCCCC/C=C\CCCCCCCCOCC(COP(=O)(O)OCC(N)C(=O)O)OC(=O)CCCCCCCCC. The normalized spacial score (nSPS) is 14.6. The lowest BCUT2D eigenvalue weighted by molar-refractivity contribution is -0.154. The number of carboxylic acids is 1. The van der Waals surface area contributed by atoms with E-state index in [4.69, 9.17) is 24.8 Å². The fraction of sp³-hybridized carbons (Fsp3) is 0.871. The maximum atomic E-state index is 12.4. The van der Waals surface area contributed by atoms with Gasteiger partial charge in [-0.15, -0.1) is 0 Å². The van der Waals surface area contributed by atoms with Crippen LogP contribution in [0.3, 0.4) is 0 Å². The van der Waals surface area contributed by atoms with Crippen molar-refractivity contribution in [2.24, 2.45) is 5.73 Å². The molecule has 0 saturated carbocycles. The molecule has 11 heteroatoms. The second-order valence-electron chi connectivity index (χ2n) is 10.9. The Morgan fingerprint density at radius 1 is 0.738 bits per heavy atom. The van der Waals surface area contributed by atoms with E-state index in [0.717, 1.165) is 44.9 Å². The van der Waals surface area contributed by atoms with Crippen LogP contribution in [-0.4, -0.2) is 60.5 Å². The summed E-state index contributed by atoms with van der Waals surface area (Å²) in [7, 11) is -4.59. The topological polar surface area (TPSA) is 155 Å². The van der Waals surface area contributed by atoms with E-state index in [0.29, 0.717) is 13.0 Å². The summed E-state index contributed by atoms with van der Waals surface area (Å²) in [5.41, 5.74) is 5.30. The number of nitrogens with two attached hydrogens (primary N) is 1. The van der Waals surface area contributed by atoms with Crippen molar-refractivity contribution in [1.29, 1.82) is 0 Å². The fourth-order valence-corrected chi connectivity index (χ4v) is 4.96. The average Bonchev–Trinajstić information content (AvgIpc) is 2.96. The Balaban J connectivity index is 4.33. The molecule has 4 N–H and O–H groups in total. The van der Waals surface area contributed by atoms with Crippen LogP contribution in [0.25, 0.3) is 0 Å². The van der Waals surface area contributed by atoms with Crippen LogP contribution in [0, 0.1) is 0 Å². The number of aliphatic carboxylic acids is 1. The first-order valence-electron chi connectivity index (χ1n) is 16.2. The molecule has 0 aliphatic rings. The van der Waals surface area contributed by atoms with E-state index in [9.17, 15) is 19.0 Å². The molecule has 42 heavy (non-hydrogen) atoms. The molecule has 3 unspecified atom stereocenters. The standard InChI is InChI=1S/C31H60NO9P/c1-3-5-7-9-11-12-13-14-15-16-18-20-22-24-38-25-28(26-39-42(36,37)40-27-29(32)31(34)35)41-30(33)23-21-19-17-10-8-6-4-2/h11-12,28-29H,3-10,13-27,32H2,1-2H3,(H,34,35)(H,36,37)/b12-11-. The van der Waals surface area contributed by atoms with Crippen molar-refractivity contribution in [3.05, 3.63) is 12.2 Å². The summed E-state index contributed by atoms with van der Waals surface area (Å²) >= 11 is 0. The van der Waals surface area contributed by atoms with Crippen LogP contribution in [0.4, 0.5) is 0 Å². The van der Waals surface area contributed by atoms with Crippen LogP contribution in [0.1, 0.15) is 136 Å². The molecule has 0 bridgehead atoms. The van der Waals surface area contributed by atoms with Crippen molar-refractivity contribution in [3.63, 3.8) is 0 Å². The number of esters is 1. The lowest BCUT2D eigenvalue weighted by Gasteiger charge is -2.20. The van der Waals surface area contributed by atoms with Gasteiger partial charge in [0.15, 0.2) is 0 Å². The Morgan fingerprint density at radius 3 is 1.86 bits per heavy atom. The van der Waals surface area contributed by atoms with Gasteiger partial charge in [-0.3, -0.25) is 18.6 Å². The first kappa shape index (κ1) is 40.7. The molecule has 0 aromatic rings. The maximum absolute atomic E-state index is 12.4. The molecule has 3 atom stereocenters. The van der Waals surface area contributed by atoms with E-state index in [1.807, 2.05) is 0 Å². The predicted octanol–water partition coefficient (Wildman–Crippen LogP) is 7.47. The van der Waals surface area contributed by atoms with Gasteiger partial charge in [-0.2, -0.15) is 0 Å². The fourth-order valence-electron chi connectivity index (χ4n) is 4.18. The highest BCUT2D eigenvalue weighted by atomic mass is 31.2. The maximum Gasteiger partial charge on any atom is 0.472 e. The van der Waals surface area contributed by atoms with Crippen molar-refractivity contribution in [1.82, 2.24) is 0 Å².